The smallest absolute Gasteiger partial charge is 0.235 e. The Kier molecular flexibility index (Phi) is 3.51. The maximum absolute atomic E-state index is 5.40. The lowest BCUT2D eigenvalue weighted by molar-refractivity contribution is 0.294. The summed E-state index contributed by atoms with van der Waals surface area (Å²) in [6, 6.07) is 0. The number of aromatic nitrogens is 2. The largest absolute Gasteiger partial charge is 0.476 e. The van der Waals surface area contributed by atoms with Crippen LogP contribution >= 0.6 is 0 Å². The lowest BCUT2D eigenvalue weighted by atomic mass is 10.4. The summed E-state index contributed by atoms with van der Waals surface area (Å²) in [7, 11) is 0. The van der Waals surface area contributed by atoms with E-state index in [1.165, 1.54) is 0 Å². The highest BCUT2D eigenvalue weighted by atomic mass is 16.5. The summed E-state index contributed by atoms with van der Waals surface area (Å²) >= 11 is 0. The first kappa shape index (κ1) is 8.97. The highest BCUT2D eigenvalue weighted by molar-refractivity contribution is 5.14. The zero-order chi connectivity index (χ0) is 8.81. The molecule has 0 aliphatic heterocycles. The Balaban J connectivity index is 2.46. The van der Waals surface area contributed by atoms with Crippen molar-refractivity contribution >= 4 is 0 Å². The molecule has 3 nitrogen and oxygen atoms in total. The predicted molar refractivity (Wildman–Crippen MR) is 47.2 cm³/mol. The van der Waals surface area contributed by atoms with Gasteiger partial charge in [0.2, 0.25) is 5.88 Å². The van der Waals surface area contributed by atoms with E-state index < -0.39 is 0 Å². The number of aryl methyl sites for hydroxylation is 1. The van der Waals surface area contributed by atoms with Gasteiger partial charge in [-0.25, -0.2) is 4.98 Å². The van der Waals surface area contributed by atoms with Gasteiger partial charge in [-0.2, -0.15) is 0 Å². The molecule has 0 amide bonds. The van der Waals surface area contributed by atoms with Crippen LogP contribution in [0.25, 0.3) is 0 Å². The van der Waals surface area contributed by atoms with Crippen molar-refractivity contribution in [1.29, 1.82) is 0 Å². The van der Waals surface area contributed by atoms with Gasteiger partial charge in [0.15, 0.2) is 0 Å². The van der Waals surface area contributed by atoms with E-state index in [9.17, 15) is 0 Å². The lowest BCUT2D eigenvalue weighted by Gasteiger charge is -2.04. The van der Waals surface area contributed by atoms with Crippen molar-refractivity contribution in [2.45, 2.75) is 26.7 Å². The number of rotatable bonds is 4. The van der Waals surface area contributed by atoms with Crippen molar-refractivity contribution in [3.63, 3.8) is 0 Å². The van der Waals surface area contributed by atoms with Gasteiger partial charge in [0, 0.05) is 12.4 Å². The number of unbranched alkanes of at least 4 members (excludes halogenated alkanes) is 1. The molecule has 66 valence electrons. The Labute approximate surface area is 72.8 Å². The Morgan fingerprint density at radius 1 is 1.33 bits per heavy atom. The van der Waals surface area contributed by atoms with Crippen molar-refractivity contribution in [3.05, 3.63) is 18.1 Å². The molecule has 0 spiro atoms. The van der Waals surface area contributed by atoms with Crippen molar-refractivity contribution in [3.8, 4) is 5.88 Å². The molecular weight excluding hydrogens is 152 g/mol. The van der Waals surface area contributed by atoms with E-state index >= 15 is 0 Å². The summed E-state index contributed by atoms with van der Waals surface area (Å²) in [6.45, 7) is 4.76. The Morgan fingerprint density at radius 3 is 2.75 bits per heavy atom. The van der Waals surface area contributed by atoms with Crippen LogP contribution in [0.3, 0.4) is 0 Å². The summed E-state index contributed by atoms with van der Waals surface area (Å²) in [5.41, 5.74) is 0.855. The fourth-order valence-corrected chi connectivity index (χ4v) is 0.850. The monoisotopic (exact) mass is 166 g/mol. The summed E-state index contributed by atoms with van der Waals surface area (Å²) in [4.78, 5) is 8.14. The molecule has 1 aromatic rings. The fourth-order valence-electron chi connectivity index (χ4n) is 0.850. The first-order valence-corrected chi connectivity index (χ1v) is 4.25. The Hall–Kier alpha value is -1.12. The van der Waals surface area contributed by atoms with Gasteiger partial charge in [-0.05, 0) is 13.3 Å². The average molecular weight is 166 g/mol. The SMILES string of the molecule is CCCCOc1nccnc1C. The van der Waals surface area contributed by atoms with Crippen LogP contribution in [0.4, 0.5) is 0 Å². The highest BCUT2D eigenvalue weighted by Crippen LogP contribution is 2.09. The molecule has 0 atom stereocenters. The zero-order valence-electron chi connectivity index (χ0n) is 7.58. The van der Waals surface area contributed by atoms with Crippen molar-refractivity contribution in [1.82, 2.24) is 9.97 Å². The topological polar surface area (TPSA) is 35.0 Å². The quantitative estimate of drug-likeness (QED) is 0.641. The van der Waals surface area contributed by atoms with Crippen LogP contribution in [-0.4, -0.2) is 16.6 Å². The van der Waals surface area contributed by atoms with Gasteiger partial charge in [0.1, 0.15) is 0 Å². The van der Waals surface area contributed by atoms with E-state index in [1.54, 1.807) is 12.4 Å². The predicted octanol–water partition coefficient (Wildman–Crippen LogP) is 1.96. The average Bonchev–Trinajstić information content (AvgIpc) is 2.09. The molecule has 0 fully saturated rings. The molecule has 0 aromatic carbocycles. The molecule has 0 saturated carbocycles. The van der Waals surface area contributed by atoms with Gasteiger partial charge in [0.25, 0.3) is 0 Å². The second-order valence-corrected chi connectivity index (χ2v) is 2.65. The summed E-state index contributed by atoms with van der Waals surface area (Å²) in [5, 5.41) is 0. The van der Waals surface area contributed by atoms with Crippen molar-refractivity contribution in [2.24, 2.45) is 0 Å². The zero-order valence-corrected chi connectivity index (χ0v) is 7.58. The molecule has 0 saturated heterocycles. The number of ether oxygens (including phenoxy) is 1. The fraction of sp³-hybridized carbons (Fsp3) is 0.556. The van der Waals surface area contributed by atoms with Crippen LogP contribution in [-0.2, 0) is 0 Å². The summed E-state index contributed by atoms with van der Waals surface area (Å²) in [5.74, 6) is 0.658. The van der Waals surface area contributed by atoms with Crippen molar-refractivity contribution < 1.29 is 4.74 Å². The third-order valence-electron chi connectivity index (χ3n) is 1.57. The van der Waals surface area contributed by atoms with E-state index in [0.29, 0.717) is 5.88 Å². The van der Waals surface area contributed by atoms with Crippen LogP contribution in [0.15, 0.2) is 12.4 Å². The summed E-state index contributed by atoms with van der Waals surface area (Å²) < 4.78 is 5.40. The van der Waals surface area contributed by atoms with Gasteiger partial charge < -0.3 is 4.74 Å². The molecule has 12 heavy (non-hydrogen) atoms. The molecule has 0 bridgehead atoms. The minimum Gasteiger partial charge on any atom is -0.476 e. The molecule has 0 radical (unpaired) electrons. The second-order valence-electron chi connectivity index (χ2n) is 2.65. The maximum atomic E-state index is 5.40. The third kappa shape index (κ3) is 2.49. The van der Waals surface area contributed by atoms with Crippen LogP contribution < -0.4 is 4.74 Å². The number of nitrogens with zero attached hydrogens (tertiary/aromatic N) is 2. The Bertz CT molecular complexity index is 238. The molecule has 1 aromatic heterocycles. The second kappa shape index (κ2) is 4.70. The molecule has 0 N–H and O–H groups in total. The molecule has 0 aliphatic rings. The normalized spacial score (nSPS) is 9.83. The minimum absolute atomic E-state index is 0.658. The molecular formula is C9H14N2O. The third-order valence-corrected chi connectivity index (χ3v) is 1.57. The first-order chi connectivity index (χ1) is 5.84. The van der Waals surface area contributed by atoms with E-state index in [-0.39, 0.29) is 0 Å². The van der Waals surface area contributed by atoms with Crippen LogP contribution in [0.2, 0.25) is 0 Å². The standard InChI is InChI=1S/C9H14N2O/c1-3-4-7-12-9-8(2)10-5-6-11-9/h5-6H,3-4,7H2,1-2H3. The molecule has 3 heteroatoms. The molecule has 1 rings (SSSR count). The van der Waals surface area contributed by atoms with Gasteiger partial charge >= 0.3 is 0 Å². The van der Waals surface area contributed by atoms with Gasteiger partial charge in [0.05, 0.1) is 12.3 Å². The van der Waals surface area contributed by atoms with E-state index in [0.717, 1.165) is 25.1 Å². The van der Waals surface area contributed by atoms with Gasteiger partial charge in [-0.1, -0.05) is 13.3 Å². The van der Waals surface area contributed by atoms with E-state index in [2.05, 4.69) is 16.9 Å². The molecule has 1 heterocycles. The van der Waals surface area contributed by atoms with Crippen LogP contribution in [0.1, 0.15) is 25.5 Å². The first-order valence-electron chi connectivity index (χ1n) is 4.25. The Morgan fingerprint density at radius 2 is 2.08 bits per heavy atom. The minimum atomic E-state index is 0.658. The summed E-state index contributed by atoms with van der Waals surface area (Å²) in [6.07, 6.45) is 5.52. The van der Waals surface area contributed by atoms with Crippen LogP contribution in [0, 0.1) is 6.92 Å². The van der Waals surface area contributed by atoms with Crippen LogP contribution in [0.5, 0.6) is 5.88 Å². The lowest BCUT2D eigenvalue weighted by Crippen LogP contribution is -2.00. The maximum Gasteiger partial charge on any atom is 0.235 e. The van der Waals surface area contributed by atoms with Gasteiger partial charge in [-0.15, -0.1) is 0 Å². The highest BCUT2D eigenvalue weighted by Gasteiger charge is 1.98. The van der Waals surface area contributed by atoms with Gasteiger partial charge in [-0.3, -0.25) is 4.98 Å². The molecule has 0 aliphatic carbocycles. The number of hydrogen-bond donors (Lipinski definition) is 0. The number of hydrogen-bond acceptors (Lipinski definition) is 3. The molecule has 0 unspecified atom stereocenters. The van der Waals surface area contributed by atoms with Crippen molar-refractivity contribution in [2.75, 3.05) is 6.61 Å². The van der Waals surface area contributed by atoms with E-state index in [1.807, 2.05) is 6.92 Å². The van der Waals surface area contributed by atoms with E-state index in [4.69, 9.17) is 4.74 Å².